The summed E-state index contributed by atoms with van der Waals surface area (Å²) in [5.74, 6) is 0. The Morgan fingerprint density at radius 2 is 1.75 bits per heavy atom. The van der Waals surface area contributed by atoms with Gasteiger partial charge in [-0.2, -0.15) is 0 Å². The molecule has 16 heavy (non-hydrogen) atoms. The molecule has 0 saturated heterocycles. The van der Waals surface area contributed by atoms with E-state index in [9.17, 15) is 4.79 Å². The molecule has 0 aliphatic carbocycles. The van der Waals surface area contributed by atoms with Crippen molar-refractivity contribution in [3.8, 4) is 0 Å². The fourth-order valence-electron chi connectivity index (χ4n) is 1.08. The second-order valence-corrected chi connectivity index (χ2v) is 4.99. The summed E-state index contributed by atoms with van der Waals surface area (Å²) in [5.41, 5.74) is 5.00. The molecule has 0 heterocycles. The number of hydrogen-bond donors (Lipinski definition) is 1. The van der Waals surface area contributed by atoms with Crippen molar-refractivity contribution >= 4 is 6.09 Å². The van der Waals surface area contributed by atoms with E-state index in [1.165, 1.54) is 0 Å². The molecule has 2 N–H and O–H groups in total. The van der Waals surface area contributed by atoms with Gasteiger partial charge in [0, 0.05) is 33.2 Å². The lowest BCUT2D eigenvalue weighted by atomic mass is 10.2. The summed E-state index contributed by atoms with van der Waals surface area (Å²) in [4.78, 5) is 15.3. The predicted octanol–water partition coefficient (Wildman–Crippen LogP) is 0.744. The van der Waals surface area contributed by atoms with E-state index >= 15 is 0 Å². The van der Waals surface area contributed by atoms with E-state index in [4.69, 9.17) is 10.5 Å². The van der Waals surface area contributed by atoms with Gasteiger partial charge in [-0.3, -0.25) is 0 Å². The van der Waals surface area contributed by atoms with Crippen LogP contribution in [0, 0.1) is 0 Å². The SMILES string of the molecule is CN(CCN)CCN(C)C(=O)OC(C)(C)C. The summed E-state index contributed by atoms with van der Waals surface area (Å²) in [5, 5.41) is 0. The van der Waals surface area contributed by atoms with Crippen molar-refractivity contribution in [2.75, 3.05) is 40.3 Å². The third kappa shape index (κ3) is 7.48. The van der Waals surface area contributed by atoms with E-state index in [1.54, 1.807) is 11.9 Å². The monoisotopic (exact) mass is 231 g/mol. The van der Waals surface area contributed by atoms with Gasteiger partial charge in [0.05, 0.1) is 0 Å². The number of rotatable bonds is 5. The Hall–Kier alpha value is -0.810. The van der Waals surface area contributed by atoms with Gasteiger partial charge < -0.3 is 20.3 Å². The molecule has 96 valence electrons. The molecule has 0 aromatic carbocycles. The predicted molar refractivity (Wildman–Crippen MR) is 65.4 cm³/mol. The number of carbonyl (C=O) groups excluding carboxylic acids is 1. The average molecular weight is 231 g/mol. The minimum Gasteiger partial charge on any atom is -0.444 e. The second kappa shape index (κ2) is 6.70. The third-order valence-electron chi connectivity index (χ3n) is 2.03. The van der Waals surface area contributed by atoms with Gasteiger partial charge in [0.2, 0.25) is 0 Å². The lowest BCUT2D eigenvalue weighted by Crippen LogP contribution is -2.39. The Bertz CT molecular complexity index is 214. The molecule has 0 spiro atoms. The molecule has 0 atom stereocenters. The third-order valence-corrected chi connectivity index (χ3v) is 2.03. The lowest BCUT2D eigenvalue weighted by molar-refractivity contribution is 0.0287. The van der Waals surface area contributed by atoms with Gasteiger partial charge in [0.15, 0.2) is 0 Å². The van der Waals surface area contributed by atoms with E-state index in [0.29, 0.717) is 13.1 Å². The summed E-state index contributed by atoms with van der Waals surface area (Å²) in [6.45, 7) is 8.49. The van der Waals surface area contributed by atoms with Crippen molar-refractivity contribution < 1.29 is 9.53 Å². The van der Waals surface area contributed by atoms with Crippen LogP contribution in [0.2, 0.25) is 0 Å². The maximum Gasteiger partial charge on any atom is 0.410 e. The van der Waals surface area contributed by atoms with Gasteiger partial charge in [0.1, 0.15) is 5.60 Å². The molecule has 5 heteroatoms. The maximum absolute atomic E-state index is 11.6. The van der Waals surface area contributed by atoms with Crippen LogP contribution in [-0.4, -0.2) is 61.8 Å². The number of hydrogen-bond acceptors (Lipinski definition) is 4. The first-order chi connectivity index (χ1) is 7.26. The molecule has 0 fully saturated rings. The molecular weight excluding hydrogens is 206 g/mol. The molecular formula is C11H25N3O2. The van der Waals surface area contributed by atoms with Gasteiger partial charge in [-0.25, -0.2) is 4.79 Å². The lowest BCUT2D eigenvalue weighted by Gasteiger charge is -2.26. The van der Waals surface area contributed by atoms with Crippen molar-refractivity contribution in [1.29, 1.82) is 0 Å². The zero-order chi connectivity index (χ0) is 12.8. The van der Waals surface area contributed by atoms with Gasteiger partial charge in [0.25, 0.3) is 0 Å². The van der Waals surface area contributed by atoms with Crippen LogP contribution in [0.4, 0.5) is 4.79 Å². The van der Waals surface area contributed by atoms with Crippen molar-refractivity contribution in [3.05, 3.63) is 0 Å². The first-order valence-corrected chi connectivity index (χ1v) is 5.59. The van der Waals surface area contributed by atoms with Crippen LogP contribution >= 0.6 is 0 Å². The highest BCUT2D eigenvalue weighted by Gasteiger charge is 2.19. The Kier molecular flexibility index (Phi) is 6.36. The quantitative estimate of drug-likeness (QED) is 0.758. The molecule has 0 rings (SSSR count). The highest BCUT2D eigenvalue weighted by molar-refractivity contribution is 5.67. The zero-order valence-corrected chi connectivity index (χ0v) is 11.1. The fraction of sp³-hybridized carbons (Fsp3) is 0.909. The highest BCUT2D eigenvalue weighted by atomic mass is 16.6. The normalized spacial score (nSPS) is 11.7. The van der Waals surface area contributed by atoms with E-state index in [0.717, 1.165) is 13.1 Å². The summed E-state index contributed by atoms with van der Waals surface area (Å²) in [6.07, 6.45) is -0.284. The fourth-order valence-corrected chi connectivity index (χ4v) is 1.08. The molecule has 0 radical (unpaired) electrons. The largest absolute Gasteiger partial charge is 0.444 e. The van der Waals surface area contributed by atoms with E-state index in [1.807, 2.05) is 27.8 Å². The molecule has 0 aromatic rings. The number of nitrogens with two attached hydrogens (primary N) is 1. The standard InChI is InChI=1S/C11H25N3O2/c1-11(2,3)16-10(15)14(5)9-8-13(4)7-6-12/h6-9,12H2,1-5H3. The van der Waals surface area contributed by atoms with E-state index in [-0.39, 0.29) is 6.09 Å². The number of amides is 1. The molecule has 0 unspecified atom stereocenters. The molecule has 0 aromatic heterocycles. The molecule has 5 nitrogen and oxygen atoms in total. The molecule has 0 saturated carbocycles. The highest BCUT2D eigenvalue weighted by Crippen LogP contribution is 2.08. The van der Waals surface area contributed by atoms with Crippen molar-refractivity contribution in [2.24, 2.45) is 5.73 Å². The first-order valence-electron chi connectivity index (χ1n) is 5.59. The Labute approximate surface area is 98.5 Å². The zero-order valence-electron chi connectivity index (χ0n) is 11.1. The summed E-state index contributed by atoms with van der Waals surface area (Å²) >= 11 is 0. The van der Waals surface area contributed by atoms with Crippen LogP contribution < -0.4 is 5.73 Å². The van der Waals surface area contributed by atoms with Crippen LogP contribution in [0.15, 0.2) is 0 Å². The van der Waals surface area contributed by atoms with E-state index < -0.39 is 5.60 Å². The maximum atomic E-state index is 11.6. The second-order valence-electron chi connectivity index (χ2n) is 4.99. The summed E-state index contributed by atoms with van der Waals surface area (Å²) < 4.78 is 5.24. The Morgan fingerprint density at radius 3 is 2.19 bits per heavy atom. The molecule has 1 amide bonds. The van der Waals surface area contributed by atoms with Crippen LogP contribution in [0.3, 0.4) is 0 Å². The Morgan fingerprint density at radius 1 is 1.19 bits per heavy atom. The number of likely N-dealkylation sites (N-methyl/N-ethyl adjacent to an activating group) is 2. The number of ether oxygens (including phenoxy) is 1. The van der Waals surface area contributed by atoms with Crippen LogP contribution in [-0.2, 0) is 4.74 Å². The first kappa shape index (κ1) is 15.2. The summed E-state index contributed by atoms with van der Waals surface area (Å²) in [6, 6.07) is 0. The van der Waals surface area contributed by atoms with E-state index in [2.05, 4.69) is 4.90 Å². The van der Waals surface area contributed by atoms with Crippen LogP contribution in [0.25, 0.3) is 0 Å². The Balaban J connectivity index is 3.88. The van der Waals surface area contributed by atoms with Crippen LogP contribution in [0.1, 0.15) is 20.8 Å². The molecule has 0 bridgehead atoms. The van der Waals surface area contributed by atoms with Gasteiger partial charge in [-0.05, 0) is 27.8 Å². The van der Waals surface area contributed by atoms with Crippen molar-refractivity contribution in [2.45, 2.75) is 26.4 Å². The number of nitrogens with zero attached hydrogens (tertiary/aromatic N) is 2. The molecule has 0 aliphatic heterocycles. The van der Waals surface area contributed by atoms with Crippen LogP contribution in [0.5, 0.6) is 0 Å². The number of carbonyl (C=O) groups is 1. The summed E-state index contributed by atoms with van der Waals surface area (Å²) in [7, 11) is 3.72. The van der Waals surface area contributed by atoms with Gasteiger partial charge in [-0.1, -0.05) is 0 Å². The van der Waals surface area contributed by atoms with Crippen molar-refractivity contribution in [3.63, 3.8) is 0 Å². The van der Waals surface area contributed by atoms with Crippen molar-refractivity contribution in [1.82, 2.24) is 9.80 Å². The smallest absolute Gasteiger partial charge is 0.410 e. The van der Waals surface area contributed by atoms with Gasteiger partial charge >= 0.3 is 6.09 Å². The molecule has 0 aliphatic rings. The average Bonchev–Trinajstić information content (AvgIpc) is 2.11. The minimum absolute atomic E-state index is 0.284. The minimum atomic E-state index is -0.436. The topological polar surface area (TPSA) is 58.8 Å². The van der Waals surface area contributed by atoms with Gasteiger partial charge in [-0.15, -0.1) is 0 Å².